The second kappa shape index (κ2) is 9.05. The van der Waals surface area contributed by atoms with E-state index < -0.39 is 5.97 Å². The summed E-state index contributed by atoms with van der Waals surface area (Å²) in [5.41, 5.74) is 4.17. The first-order chi connectivity index (χ1) is 15.2. The van der Waals surface area contributed by atoms with E-state index in [2.05, 4.69) is 55.7 Å². The predicted molar refractivity (Wildman–Crippen MR) is 133 cm³/mol. The number of carboxylic acids is 1. The van der Waals surface area contributed by atoms with E-state index in [4.69, 9.17) is 11.6 Å². The first-order valence-corrected chi connectivity index (χ1v) is 11.8. The monoisotopic (exact) mass is 463 g/mol. The Morgan fingerprint density at radius 3 is 2.31 bits per heavy atom. The van der Waals surface area contributed by atoms with Gasteiger partial charge >= 0.3 is 5.97 Å². The molecule has 0 aliphatic rings. The number of aromatic nitrogens is 1. The zero-order valence-electron chi connectivity index (χ0n) is 18.4. The fourth-order valence-corrected chi connectivity index (χ4v) is 5.06. The molecule has 0 radical (unpaired) electrons. The minimum Gasteiger partial charge on any atom is -0.481 e. The number of aliphatic carboxylic acids is 1. The van der Waals surface area contributed by atoms with E-state index >= 15 is 0 Å². The van der Waals surface area contributed by atoms with E-state index in [1.165, 1.54) is 5.56 Å². The van der Waals surface area contributed by atoms with Crippen molar-refractivity contribution in [2.75, 3.05) is 0 Å². The lowest BCUT2D eigenvalue weighted by Gasteiger charge is -2.19. The van der Waals surface area contributed by atoms with Gasteiger partial charge < -0.3 is 9.67 Å². The summed E-state index contributed by atoms with van der Waals surface area (Å²) in [7, 11) is 0. The van der Waals surface area contributed by atoms with Gasteiger partial charge in [-0.2, -0.15) is 0 Å². The van der Waals surface area contributed by atoms with Gasteiger partial charge in [-0.15, -0.1) is 0 Å². The molecule has 1 N–H and O–H groups in total. The van der Waals surface area contributed by atoms with Crippen LogP contribution in [0.15, 0.2) is 82.6 Å². The molecule has 0 unspecified atom stereocenters. The largest absolute Gasteiger partial charge is 0.481 e. The third kappa shape index (κ3) is 4.87. The molecule has 3 nitrogen and oxygen atoms in total. The summed E-state index contributed by atoms with van der Waals surface area (Å²) in [5.74, 6) is -0.837. The third-order valence-corrected chi connectivity index (χ3v) is 6.94. The van der Waals surface area contributed by atoms with Crippen LogP contribution in [0.3, 0.4) is 0 Å². The molecule has 4 rings (SSSR count). The van der Waals surface area contributed by atoms with Crippen molar-refractivity contribution in [3.05, 3.63) is 94.6 Å². The van der Waals surface area contributed by atoms with Gasteiger partial charge in [0.2, 0.25) is 0 Å². The van der Waals surface area contributed by atoms with Crippen molar-refractivity contribution < 1.29 is 9.90 Å². The Bertz CT molecular complexity index is 1260. The number of carboxylic acid groups (broad SMARTS) is 1. The minimum absolute atomic E-state index is 0.00584. The van der Waals surface area contributed by atoms with Crippen LogP contribution in [-0.2, 0) is 23.2 Å². The summed E-state index contributed by atoms with van der Waals surface area (Å²) in [6.45, 7) is 7.17. The van der Waals surface area contributed by atoms with Crippen LogP contribution < -0.4 is 0 Å². The summed E-state index contributed by atoms with van der Waals surface area (Å²) in [6.07, 6.45) is -0.0394. The summed E-state index contributed by atoms with van der Waals surface area (Å²) in [5, 5.41) is 11.5. The normalized spacial score (nSPS) is 11.8. The Hall–Kier alpha value is -2.69. The number of hydrogen-bond donors (Lipinski definition) is 1. The van der Waals surface area contributed by atoms with Gasteiger partial charge in [0.1, 0.15) is 0 Å². The second-order valence-corrected chi connectivity index (χ2v) is 10.5. The molecule has 3 aromatic carbocycles. The van der Waals surface area contributed by atoms with Crippen molar-refractivity contribution in [1.29, 1.82) is 0 Å². The maximum absolute atomic E-state index is 11.9. The molecule has 32 heavy (non-hydrogen) atoms. The number of hydrogen-bond acceptors (Lipinski definition) is 2. The van der Waals surface area contributed by atoms with Crippen LogP contribution in [0.4, 0.5) is 0 Å². The molecule has 164 valence electrons. The van der Waals surface area contributed by atoms with Gasteiger partial charge in [0.15, 0.2) is 0 Å². The lowest BCUT2D eigenvalue weighted by Crippen LogP contribution is -2.11. The molecule has 0 aliphatic heterocycles. The average molecular weight is 464 g/mol. The molecule has 0 spiro atoms. The van der Waals surface area contributed by atoms with Gasteiger partial charge in [-0.25, -0.2) is 0 Å². The van der Waals surface area contributed by atoms with E-state index in [0.29, 0.717) is 11.6 Å². The third-order valence-electron chi connectivity index (χ3n) is 5.52. The number of rotatable bonds is 6. The van der Waals surface area contributed by atoms with E-state index in [9.17, 15) is 9.90 Å². The van der Waals surface area contributed by atoms with Crippen molar-refractivity contribution in [1.82, 2.24) is 4.57 Å². The minimum atomic E-state index is -0.837. The topological polar surface area (TPSA) is 42.2 Å². The molecule has 0 atom stereocenters. The molecule has 0 amide bonds. The van der Waals surface area contributed by atoms with Gasteiger partial charge in [0.25, 0.3) is 0 Å². The highest BCUT2D eigenvalue weighted by molar-refractivity contribution is 7.99. The summed E-state index contributed by atoms with van der Waals surface area (Å²) < 4.78 is 2.14. The Kier molecular flexibility index (Phi) is 6.36. The highest BCUT2D eigenvalue weighted by Gasteiger charge is 2.23. The van der Waals surface area contributed by atoms with Crippen molar-refractivity contribution >= 4 is 40.2 Å². The van der Waals surface area contributed by atoms with Crippen LogP contribution >= 0.6 is 23.4 Å². The molecule has 0 saturated carbocycles. The van der Waals surface area contributed by atoms with E-state index in [1.807, 2.05) is 42.5 Å². The van der Waals surface area contributed by atoms with E-state index in [-0.39, 0.29) is 11.8 Å². The molecule has 0 saturated heterocycles. The molecule has 1 heterocycles. The van der Waals surface area contributed by atoms with Crippen molar-refractivity contribution in [2.24, 2.45) is 0 Å². The maximum Gasteiger partial charge on any atom is 0.309 e. The highest BCUT2D eigenvalue weighted by Crippen LogP contribution is 2.41. The second-order valence-electron chi connectivity index (χ2n) is 8.96. The maximum atomic E-state index is 11.9. The van der Waals surface area contributed by atoms with Crippen LogP contribution in [0, 0.1) is 0 Å². The van der Waals surface area contributed by atoms with Crippen molar-refractivity contribution in [3.63, 3.8) is 0 Å². The van der Waals surface area contributed by atoms with Crippen molar-refractivity contribution in [2.45, 2.75) is 48.9 Å². The Morgan fingerprint density at radius 2 is 1.69 bits per heavy atom. The zero-order chi connectivity index (χ0) is 22.9. The Balaban J connectivity index is 1.95. The number of benzene rings is 3. The van der Waals surface area contributed by atoms with Gasteiger partial charge in [-0.3, -0.25) is 4.79 Å². The van der Waals surface area contributed by atoms with Gasteiger partial charge in [-0.1, -0.05) is 80.5 Å². The predicted octanol–water partition coefficient (Wildman–Crippen LogP) is 7.42. The van der Waals surface area contributed by atoms with E-state index in [0.717, 1.165) is 32.0 Å². The molecule has 0 fully saturated rings. The molecular formula is C27H26ClNO2S. The SMILES string of the molecule is CC(C)(C)c1ccc2c(c1)c(Sc1ccccc1)c(CC(=O)O)n2Cc1ccc(Cl)cc1. The number of fused-ring (bicyclic) bond motifs is 1. The fourth-order valence-electron chi connectivity index (χ4n) is 3.84. The number of nitrogens with zero attached hydrogens (tertiary/aromatic N) is 1. The van der Waals surface area contributed by atoms with Crippen LogP contribution in [0.5, 0.6) is 0 Å². The average Bonchev–Trinajstić information content (AvgIpc) is 3.01. The molecule has 1 aromatic heterocycles. The van der Waals surface area contributed by atoms with Gasteiger partial charge in [0, 0.05) is 38.0 Å². The zero-order valence-corrected chi connectivity index (χ0v) is 20.0. The van der Waals surface area contributed by atoms with Gasteiger partial charge in [-0.05, 0) is 52.9 Å². The highest BCUT2D eigenvalue weighted by atomic mass is 35.5. The summed E-state index contributed by atoms with van der Waals surface area (Å²) >= 11 is 7.71. The van der Waals surface area contributed by atoms with Crippen LogP contribution in [0.1, 0.15) is 37.6 Å². The molecular weight excluding hydrogens is 438 g/mol. The van der Waals surface area contributed by atoms with Crippen LogP contribution in [0.25, 0.3) is 10.9 Å². The smallest absolute Gasteiger partial charge is 0.309 e. The quantitative estimate of drug-likeness (QED) is 0.323. The lowest BCUT2D eigenvalue weighted by molar-refractivity contribution is -0.136. The molecule has 0 bridgehead atoms. The lowest BCUT2D eigenvalue weighted by atomic mass is 9.86. The summed E-state index contributed by atoms with van der Waals surface area (Å²) in [6, 6.07) is 24.4. The number of halogens is 1. The van der Waals surface area contributed by atoms with Crippen molar-refractivity contribution in [3.8, 4) is 0 Å². The molecule has 0 aliphatic carbocycles. The molecule has 5 heteroatoms. The first kappa shape index (κ1) is 22.5. The van der Waals surface area contributed by atoms with Gasteiger partial charge in [0.05, 0.1) is 6.42 Å². The molecule has 4 aromatic rings. The number of carbonyl (C=O) groups is 1. The summed E-state index contributed by atoms with van der Waals surface area (Å²) in [4.78, 5) is 14.0. The Labute approximate surface area is 198 Å². The Morgan fingerprint density at radius 1 is 1.00 bits per heavy atom. The standard InChI is InChI=1S/C27H26ClNO2S/c1-27(2,3)19-11-14-23-22(15-19)26(32-21-7-5-4-6-8-21)24(16-25(30)31)29(23)17-18-9-12-20(28)13-10-18/h4-15H,16-17H2,1-3H3,(H,30,31). The van der Waals surface area contributed by atoms with E-state index in [1.54, 1.807) is 11.8 Å². The van der Waals surface area contributed by atoms with Crippen LogP contribution in [0.2, 0.25) is 5.02 Å². The fraction of sp³-hybridized carbons (Fsp3) is 0.222. The van der Waals surface area contributed by atoms with Crippen LogP contribution in [-0.4, -0.2) is 15.6 Å². The first-order valence-electron chi connectivity index (χ1n) is 10.6.